The van der Waals surface area contributed by atoms with Crippen molar-refractivity contribution >= 4 is 0 Å². The Hall–Kier alpha value is -0.290. The maximum atomic E-state index is 12.4. The van der Waals surface area contributed by atoms with E-state index in [-0.39, 0.29) is 12.0 Å². The maximum Gasteiger partial charge on any atom is 0.389 e. The molecule has 0 radical (unpaired) electrons. The predicted octanol–water partition coefficient (Wildman–Crippen LogP) is 3.96. The van der Waals surface area contributed by atoms with Gasteiger partial charge in [0.05, 0.1) is 0 Å². The molecular formula is C16H29F3N2. The number of hydrogen-bond acceptors (Lipinski definition) is 2. The number of hydrogen-bond donors (Lipinski definition) is 1. The first-order chi connectivity index (χ1) is 9.82. The number of nitrogens with zero attached hydrogens (tertiary/aromatic N) is 1. The molecule has 0 bridgehead atoms. The van der Waals surface area contributed by atoms with Gasteiger partial charge in [-0.1, -0.05) is 33.1 Å². The summed E-state index contributed by atoms with van der Waals surface area (Å²) in [4.78, 5) is 2.39. The van der Waals surface area contributed by atoms with Crippen LogP contribution in [0.2, 0.25) is 0 Å². The molecule has 21 heavy (non-hydrogen) atoms. The van der Waals surface area contributed by atoms with E-state index in [1.54, 1.807) is 0 Å². The second-order valence-corrected chi connectivity index (χ2v) is 7.18. The summed E-state index contributed by atoms with van der Waals surface area (Å²) in [5.41, 5.74) is 0.120. The van der Waals surface area contributed by atoms with Gasteiger partial charge in [0.25, 0.3) is 0 Å². The van der Waals surface area contributed by atoms with Crippen LogP contribution < -0.4 is 5.32 Å². The van der Waals surface area contributed by atoms with Gasteiger partial charge in [0.15, 0.2) is 0 Å². The molecule has 2 aliphatic rings. The Bertz CT molecular complexity index is 322. The third kappa shape index (κ3) is 4.59. The van der Waals surface area contributed by atoms with Crippen molar-refractivity contribution in [2.75, 3.05) is 19.6 Å². The molecule has 1 spiro atoms. The Kier molecular flexibility index (Phi) is 5.58. The van der Waals surface area contributed by atoms with Crippen molar-refractivity contribution in [3.8, 4) is 0 Å². The summed E-state index contributed by atoms with van der Waals surface area (Å²) in [7, 11) is 0. The van der Waals surface area contributed by atoms with Crippen molar-refractivity contribution in [1.82, 2.24) is 10.2 Å². The quantitative estimate of drug-likeness (QED) is 0.845. The van der Waals surface area contributed by atoms with Crippen LogP contribution in [-0.2, 0) is 0 Å². The lowest BCUT2D eigenvalue weighted by Crippen LogP contribution is -2.66. The van der Waals surface area contributed by atoms with Gasteiger partial charge in [0.1, 0.15) is 0 Å². The molecule has 1 saturated heterocycles. The molecule has 1 aliphatic heterocycles. The van der Waals surface area contributed by atoms with Crippen LogP contribution in [0.3, 0.4) is 0 Å². The lowest BCUT2D eigenvalue weighted by Gasteiger charge is -2.53. The normalized spacial score (nSPS) is 27.4. The molecule has 0 amide bonds. The Morgan fingerprint density at radius 3 is 2.43 bits per heavy atom. The fraction of sp³-hybridized carbons (Fsp3) is 1.00. The third-order valence-electron chi connectivity index (χ3n) is 5.26. The van der Waals surface area contributed by atoms with E-state index in [2.05, 4.69) is 24.1 Å². The highest BCUT2D eigenvalue weighted by Crippen LogP contribution is 2.36. The van der Waals surface area contributed by atoms with Crippen molar-refractivity contribution in [2.45, 2.75) is 76.6 Å². The van der Waals surface area contributed by atoms with Crippen LogP contribution in [0.4, 0.5) is 13.2 Å². The average molecular weight is 306 g/mol. The first-order valence-electron chi connectivity index (χ1n) is 8.38. The van der Waals surface area contributed by atoms with E-state index in [4.69, 9.17) is 0 Å². The SMILES string of the molecule is CC(C)C1CN(CCCC(F)(F)F)C2(CCCCC2)CN1. The Balaban J connectivity index is 1.98. The van der Waals surface area contributed by atoms with Gasteiger partial charge in [-0.15, -0.1) is 0 Å². The molecule has 1 saturated carbocycles. The zero-order chi connectivity index (χ0) is 15.5. The third-order valence-corrected chi connectivity index (χ3v) is 5.26. The average Bonchev–Trinajstić information content (AvgIpc) is 2.40. The van der Waals surface area contributed by atoms with Crippen LogP contribution in [0.5, 0.6) is 0 Å². The van der Waals surface area contributed by atoms with Gasteiger partial charge >= 0.3 is 6.18 Å². The van der Waals surface area contributed by atoms with E-state index in [1.165, 1.54) is 19.3 Å². The van der Waals surface area contributed by atoms with E-state index in [1.807, 2.05) is 0 Å². The fourth-order valence-electron chi connectivity index (χ4n) is 3.88. The monoisotopic (exact) mass is 306 g/mol. The number of halogens is 3. The van der Waals surface area contributed by atoms with Crippen molar-refractivity contribution in [1.29, 1.82) is 0 Å². The minimum atomic E-state index is -4.02. The molecule has 0 aromatic heterocycles. The van der Waals surface area contributed by atoms with Gasteiger partial charge in [-0.05, 0) is 31.7 Å². The molecule has 1 aliphatic carbocycles. The van der Waals surface area contributed by atoms with Crippen molar-refractivity contribution < 1.29 is 13.2 Å². The van der Waals surface area contributed by atoms with E-state index in [0.717, 1.165) is 25.9 Å². The minimum Gasteiger partial charge on any atom is -0.311 e. The van der Waals surface area contributed by atoms with Crippen molar-refractivity contribution in [3.63, 3.8) is 0 Å². The van der Waals surface area contributed by atoms with Crippen LogP contribution in [0, 0.1) is 5.92 Å². The highest BCUT2D eigenvalue weighted by Gasteiger charge is 2.42. The van der Waals surface area contributed by atoms with E-state index in [0.29, 0.717) is 18.5 Å². The Labute approximate surface area is 126 Å². The summed E-state index contributed by atoms with van der Waals surface area (Å²) in [5, 5.41) is 3.65. The van der Waals surface area contributed by atoms with E-state index < -0.39 is 12.6 Å². The largest absolute Gasteiger partial charge is 0.389 e. The number of alkyl halides is 3. The molecule has 2 fully saturated rings. The van der Waals surface area contributed by atoms with Gasteiger partial charge in [-0.25, -0.2) is 0 Å². The molecule has 0 aromatic carbocycles. The van der Waals surface area contributed by atoms with Crippen LogP contribution in [0.1, 0.15) is 58.8 Å². The van der Waals surface area contributed by atoms with Gasteiger partial charge in [0.2, 0.25) is 0 Å². The molecule has 2 rings (SSSR count). The standard InChI is InChI=1S/C16H29F3N2/c1-13(2)14-11-21(10-6-9-16(17,18)19)15(12-20-14)7-4-3-5-8-15/h13-14,20H,3-12H2,1-2H3. The minimum absolute atomic E-state index is 0.120. The van der Waals surface area contributed by atoms with Crippen LogP contribution in [-0.4, -0.2) is 42.3 Å². The topological polar surface area (TPSA) is 15.3 Å². The second-order valence-electron chi connectivity index (χ2n) is 7.18. The number of piperazine rings is 1. The predicted molar refractivity (Wildman–Crippen MR) is 79.3 cm³/mol. The molecule has 0 aromatic rings. The zero-order valence-corrected chi connectivity index (χ0v) is 13.3. The van der Waals surface area contributed by atoms with Crippen LogP contribution >= 0.6 is 0 Å². The second kappa shape index (κ2) is 6.86. The molecular weight excluding hydrogens is 277 g/mol. The summed E-state index contributed by atoms with van der Waals surface area (Å²) in [6, 6.07) is 0.406. The first-order valence-corrected chi connectivity index (χ1v) is 8.38. The molecule has 124 valence electrons. The summed E-state index contributed by atoms with van der Waals surface area (Å²) >= 11 is 0. The maximum absolute atomic E-state index is 12.4. The number of rotatable bonds is 4. The summed E-state index contributed by atoms with van der Waals surface area (Å²) in [6.07, 6.45) is 1.52. The summed E-state index contributed by atoms with van der Waals surface area (Å²) in [5.74, 6) is 0.524. The molecule has 5 heteroatoms. The molecule has 1 atom stereocenters. The zero-order valence-electron chi connectivity index (χ0n) is 13.3. The number of nitrogens with one attached hydrogen (secondary N) is 1. The summed E-state index contributed by atoms with van der Waals surface area (Å²) in [6.45, 7) is 6.80. The molecule has 1 N–H and O–H groups in total. The van der Waals surface area contributed by atoms with Crippen LogP contribution in [0.25, 0.3) is 0 Å². The van der Waals surface area contributed by atoms with Gasteiger partial charge in [-0.2, -0.15) is 13.2 Å². The molecule has 2 nitrogen and oxygen atoms in total. The molecule has 1 unspecified atom stereocenters. The lowest BCUT2D eigenvalue weighted by molar-refractivity contribution is -0.137. The van der Waals surface area contributed by atoms with Crippen molar-refractivity contribution in [3.05, 3.63) is 0 Å². The Morgan fingerprint density at radius 1 is 1.19 bits per heavy atom. The van der Waals surface area contributed by atoms with Gasteiger partial charge in [-0.3, -0.25) is 4.90 Å². The van der Waals surface area contributed by atoms with Gasteiger partial charge < -0.3 is 5.32 Å². The van der Waals surface area contributed by atoms with Gasteiger partial charge in [0, 0.05) is 31.1 Å². The van der Waals surface area contributed by atoms with Crippen molar-refractivity contribution in [2.24, 2.45) is 5.92 Å². The highest BCUT2D eigenvalue weighted by atomic mass is 19.4. The smallest absolute Gasteiger partial charge is 0.311 e. The lowest BCUT2D eigenvalue weighted by atomic mass is 9.77. The highest BCUT2D eigenvalue weighted by molar-refractivity contribution is 5.01. The summed E-state index contributed by atoms with van der Waals surface area (Å²) < 4.78 is 37.3. The van der Waals surface area contributed by atoms with E-state index in [9.17, 15) is 13.2 Å². The van der Waals surface area contributed by atoms with Crippen LogP contribution in [0.15, 0.2) is 0 Å². The van der Waals surface area contributed by atoms with E-state index >= 15 is 0 Å². The first kappa shape index (κ1) is 17.1. The Morgan fingerprint density at radius 2 is 1.86 bits per heavy atom. The fourth-order valence-corrected chi connectivity index (χ4v) is 3.88. The molecule has 1 heterocycles.